The van der Waals surface area contributed by atoms with Crippen molar-refractivity contribution in [1.29, 1.82) is 0 Å². The SMILES string of the molecule is Cc1cncc(C)c1C(Br)Br. The van der Waals surface area contributed by atoms with Crippen molar-refractivity contribution in [2.75, 3.05) is 0 Å². The smallest absolute Gasteiger partial charge is 0.0952 e. The van der Waals surface area contributed by atoms with Crippen LogP contribution in [0.1, 0.15) is 20.4 Å². The summed E-state index contributed by atoms with van der Waals surface area (Å²) < 4.78 is 0.234. The van der Waals surface area contributed by atoms with Crippen molar-refractivity contribution in [3.8, 4) is 0 Å². The van der Waals surface area contributed by atoms with Gasteiger partial charge in [-0.3, -0.25) is 4.98 Å². The molecule has 0 aliphatic carbocycles. The summed E-state index contributed by atoms with van der Waals surface area (Å²) in [7, 11) is 0. The third kappa shape index (κ3) is 2.03. The van der Waals surface area contributed by atoms with Crippen LogP contribution in [0.2, 0.25) is 0 Å². The van der Waals surface area contributed by atoms with Crippen molar-refractivity contribution in [2.45, 2.75) is 17.6 Å². The monoisotopic (exact) mass is 277 g/mol. The number of nitrogens with zero attached hydrogens (tertiary/aromatic N) is 1. The van der Waals surface area contributed by atoms with Crippen LogP contribution in [0.3, 0.4) is 0 Å². The van der Waals surface area contributed by atoms with Gasteiger partial charge in [-0.2, -0.15) is 0 Å². The van der Waals surface area contributed by atoms with E-state index in [0.717, 1.165) is 0 Å². The molecule has 0 saturated carbocycles. The zero-order valence-corrected chi connectivity index (χ0v) is 9.61. The van der Waals surface area contributed by atoms with E-state index < -0.39 is 0 Å². The van der Waals surface area contributed by atoms with Crippen LogP contribution < -0.4 is 0 Å². The van der Waals surface area contributed by atoms with Gasteiger partial charge in [-0.15, -0.1) is 0 Å². The van der Waals surface area contributed by atoms with Crippen molar-refractivity contribution in [2.24, 2.45) is 0 Å². The Labute approximate surface area is 83.5 Å². The number of pyridine rings is 1. The molecule has 0 unspecified atom stereocenters. The second-order valence-corrected chi connectivity index (χ2v) is 5.55. The molecule has 0 atom stereocenters. The molecule has 0 spiro atoms. The lowest BCUT2D eigenvalue weighted by Gasteiger charge is -2.08. The molecule has 11 heavy (non-hydrogen) atoms. The second kappa shape index (κ2) is 3.68. The summed E-state index contributed by atoms with van der Waals surface area (Å²) >= 11 is 6.95. The fourth-order valence-corrected chi connectivity index (χ4v) is 2.50. The highest BCUT2D eigenvalue weighted by molar-refractivity contribution is 9.24. The minimum absolute atomic E-state index is 0.234. The van der Waals surface area contributed by atoms with E-state index in [-0.39, 0.29) is 3.74 Å². The Kier molecular flexibility index (Phi) is 3.07. The highest BCUT2D eigenvalue weighted by Gasteiger charge is 2.08. The molecular formula is C8H9Br2N. The minimum Gasteiger partial charge on any atom is -0.264 e. The zero-order valence-electron chi connectivity index (χ0n) is 6.44. The number of alkyl halides is 2. The van der Waals surface area contributed by atoms with Crippen LogP contribution in [0, 0.1) is 13.8 Å². The maximum Gasteiger partial charge on any atom is 0.0952 e. The number of rotatable bonds is 1. The predicted octanol–water partition coefficient (Wildman–Crippen LogP) is 3.49. The largest absolute Gasteiger partial charge is 0.264 e. The lowest BCUT2D eigenvalue weighted by atomic mass is 10.1. The molecule has 0 bridgehead atoms. The molecule has 0 saturated heterocycles. The first-order valence-electron chi connectivity index (χ1n) is 3.32. The van der Waals surface area contributed by atoms with Gasteiger partial charge in [0.05, 0.1) is 3.74 Å². The van der Waals surface area contributed by atoms with Gasteiger partial charge < -0.3 is 0 Å². The maximum atomic E-state index is 4.09. The normalized spacial score (nSPS) is 10.6. The highest BCUT2D eigenvalue weighted by Crippen LogP contribution is 2.33. The lowest BCUT2D eigenvalue weighted by molar-refractivity contribution is 1.15. The molecule has 0 aliphatic heterocycles. The van der Waals surface area contributed by atoms with Gasteiger partial charge in [-0.05, 0) is 30.5 Å². The van der Waals surface area contributed by atoms with Crippen LogP contribution in [0.25, 0.3) is 0 Å². The van der Waals surface area contributed by atoms with Gasteiger partial charge in [-0.25, -0.2) is 0 Å². The third-order valence-electron chi connectivity index (χ3n) is 1.60. The molecule has 0 N–H and O–H groups in total. The molecule has 3 heteroatoms. The third-order valence-corrected chi connectivity index (χ3v) is 2.52. The van der Waals surface area contributed by atoms with E-state index in [1.807, 2.05) is 12.4 Å². The van der Waals surface area contributed by atoms with Crippen molar-refractivity contribution in [3.63, 3.8) is 0 Å². The summed E-state index contributed by atoms with van der Waals surface area (Å²) in [6.45, 7) is 4.12. The Hall–Kier alpha value is 0.110. The van der Waals surface area contributed by atoms with E-state index in [0.29, 0.717) is 0 Å². The van der Waals surface area contributed by atoms with E-state index in [4.69, 9.17) is 0 Å². The summed E-state index contributed by atoms with van der Waals surface area (Å²) in [6, 6.07) is 0. The molecule has 60 valence electrons. The summed E-state index contributed by atoms with van der Waals surface area (Å²) in [6.07, 6.45) is 3.75. The Bertz CT molecular complexity index is 238. The van der Waals surface area contributed by atoms with E-state index in [2.05, 4.69) is 50.7 Å². The first-order chi connectivity index (χ1) is 5.13. The predicted molar refractivity (Wildman–Crippen MR) is 54.3 cm³/mol. The Morgan fingerprint density at radius 3 is 1.91 bits per heavy atom. The molecule has 0 radical (unpaired) electrons. The van der Waals surface area contributed by atoms with Gasteiger partial charge in [0, 0.05) is 12.4 Å². The lowest BCUT2D eigenvalue weighted by Crippen LogP contribution is -1.92. The van der Waals surface area contributed by atoms with Gasteiger partial charge in [-0.1, -0.05) is 31.9 Å². The van der Waals surface area contributed by atoms with Gasteiger partial charge >= 0.3 is 0 Å². The topological polar surface area (TPSA) is 12.9 Å². The number of hydrogen-bond acceptors (Lipinski definition) is 1. The van der Waals surface area contributed by atoms with Crippen molar-refractivity contribution >= 4 is 31.9 Å². The van der Waals surface area contributed by atoms with Crippen molar-refractivity contribution in [3.05, 3.63) is 29.1 Å². The number of hydrogen-bond donors (Lipinski definition) is 0. The molecule has 0 amide bonds. The molecule has 1 nitrogen and oxygen atoms in total. The first kappa shape index (κ1) is 9.20. The van der Waals surface area contributed by atoms with E-state index in [9.17, 15) is 0 Å². The molecule has 0 aromatic carbocycles. The van der Waals surface area contributed by atoms with Crippen LogP contribution in [-0.2, 0) is 0 Å². The van der Waals surface area contributed by atoms with Gasteiger partial charge in [0.15, 0.2) is 0 Å². The van der Waals surface area contributed by atoms with Crippen LogP contribution in [0.5, 0.6) is 0 Å². The first-order valence-corrected chi connectivity index (χ1v) is 5.15. The minimum atomic E-state index is 0.234. The van der Waals surface area contributed by atoms with Crippen molar-refractivity contribution < 1.29 is 0 Å². The summed E-state index contributed by atoms with van der Waals surface area (Å²) in [4.78, 5) is 4.09. The molecular weight excluding hydrogens is 270 g/mol. The Morgan fingerprint density at radius 2 is 1.64 bits per heavy atom. The molecule has 1 rings (SSSR count). The fraction of sp³-hybridized carbons (Fsp3) is 0.375. The molecule has 0 aliphatic rings. The Balaban J connectivity index is 3.21. The average Bonchev–Trinajstić information content (AvgIpc) is 1.85. The quantitative estimate of drug-likeness (QED) is 0.717. The average molecular weight is 279 g/mol. The zero-order chi connectivity index (χ0) is 8.43. The van der Waals surface area contributed by atoms with Crippen LogP contribution in [-0.4, -0.2) is 4.98 Å². The second-order valence-electron chi connectivity index (χ2n) is 2.49. The fourth-order valence-electron chi connectivity index (χ4n) is 1.06. The summed E-state index contributed by atoms with van der Waals surface area (Å²) in [5, 5.41) is 0. The molecule has 1 heterocycles. The maximum absolute atomic E-state index is 4.09. The standard InChI is InChI=1S/C8H9Br2N/c1-5-3-11-4-6(2)7(5)8(9)10/h3-4,8H,1-2H3. The summed E-state index contributed by atoms with van der Waals surface area (Å²) in [5.41, 5.74) is 3.70. The highest BCUT2D eigenvalue weighted by atomic mass is 79.9. The van der Waals surface area contributed by atoms with Crippen molar-refractivity contribution in [1.82, 2.24) is 4.98 Å². The van der Waals surface area contributed by atoms with Crippen LogP contribution >= 0.6 is 31.9 Å². The van der Waals surface area contributed by atoms with Gasteiger partial charge in [0.1, 0.15) is 0 Å². The van der Waals surface area contributed by atoms with E-state index >= 15 is 0 Å². The van der Waals surface area contributed by atoms with Crippen LogP contribution in [0.15, 0.2) is 12.4 Å². The summed E-state index contributed by atoms with van der Waals surface area (Å²) in [5.74, 6) is 0. The van der Waals surface area contributed by atoms with E-state index in [1.54, 1.807) is 0 Å². The molecule has 0 fully saturated rings. The van der Waals surface area contributed by atoms with Gasteiger partial charge in [0.25, 0.3) is 0 Å². The molecule has 1 aromatic heterocycles. The Morgan fingerprint density at radius 1 is 1.18 bits per heavy atom. The number of aromatic nitrogens is 1. The number of halogens is 2. The molecule has 1 aromatic rings. The van der Waals surface area contributed by atoms with E-state index in [1.165, 1.54) is 16.7 Å². The van der Waals surface area contributed by atoms with Crippen LogP contribution in [0.4, 0.5) is 0 Å². The van der Waals surface area contributed by atoms with Gasteiger partial charge in [0.2, 0.25) is 0 Å². The number of aryl methyl sites for hydroxylation is 2.